The number of nitrogens with zero attached hydrogens (tertiary/aromatic N) is 5. The highest BCUT2D eigenvalue weighted by Crippen LogP contribution is 2.22. The number of hydrogen-bond donors (Lipinski definition) is 0. The van der Waals surface area contributed by atoms with E-state index in [0.29, 0.717) is 24.8 Å². The molecule has 1 aliphatic rings. The first-order chi connectivity index (χ1) is 16.7. The predicted octanol–water partition coefficient (Wildman–Crippen LogP) is 4.73. The summed E-state index contributed by atoms with van der Waals surface area (Å²) in [5, 5.41) is 0. The smallest absolute Gasteiger partial charge is 0.253 e. The van der Waals surface area contributed by atoms with E-state index in [1.165, 1.54) is 6.33 Å². The van der Waals surface area contributed by atoms with Crippen LogP contribution in [0, 0.1) is 0 Å². The summed E-state index contributed by atoms with van der Waals surface area (Å²) in [7, 11) is 0. The van der Waals surface area contributed by atoms with Crippen molar-refractivity contribution in [3.8, 4) is 23.0 Å². The molecule has 7 nitrogen and oxygen atoms in total. The van der Waals surface area contributed by atoms with Gasteiger partial charge in [-0.1, -0.05) is 30.3 Å². The molecule has 0 aliphatic carbocycles. The van der Waals surface area contributed by atoms with Crippen molar-refractivity contribution in [2.24, 2.45) is 0 Å². The summed E-state index contributed by atoms with van der Waals surface area (Å²) in [6.45, 7) is 1.32. The molecule has 2 aromatic heterocycles. The molecule has 172 valence electrons. The molecule has 2 aromatic carbocycles. The lowest BCUT2D eigenvalue weighted by Gasteiger charge is -2.32. The molecule has 5 rings (SSSR count). The monoisotopic (exact) mass is 471 g/mol. The van der Waals surface area contributed by atoms with E-state index in [2.05, 4.69) is 15.0 Å². The van der Waals surface area contributed by atoms with Gasteiger partial charge >= 0.3 is 0 Å². The van der Waals surface area contributed by atoms with E-state index in [4.69, 9.17) is 4.74 Å². The van der Waals surface area contributed by atoms with Crippen molar-refractivity contribution >= 4 is 17.7 Å². The highest BCUT2D eigenvalue weighted by Gasteiger charge is 2.25. The minimum atomic E-state index is 0.00772. The molecule has 3 heterocycles. The average Bonchev–Trinajstić information content (AvgIpc) is 3.40. The Kier molecular flexibility index (Phi) is 6.58. The number of benzene rings is 2. The zero-order valence-corrected chi connectivity index (χ0v) is 19.7. The molecule has 1 aliphatic heterocycles. The van der Waals surface area contributed by atoms with Crippen molar-refractivity contribution in [3.05, 3.63) is 85.1 Å². The van der Waals surface area contributed by atoms with Crippen LogP contribution in [0.3, 0.4) is 0 Å². The minimum Gasteiger partial charge on any atom is -0.474 e. The second-order valence-corrected chi connectivity index (χ2v) is 8.96. The van der Waals surface area contributed by atoms with Gasteiger partial charge in [0.1, 0.15) is 24.6 Å². The van der Waals surface area contributed by atoms with Crippen LogP contribution >= 0.6 is 11.8 Å². The molecular formula is C26H25N5O2S. The first kappa shape index (κ1) is 22.2. The second kappa shape index (κ2) is 10.1. The Balaban J connectivity index is 1.20. The third-order valence-electron chi connectivity index (χ3n) is 5.90. The normalized spacial score (nSPS) is 14.2. The van der Waals surface area contributed by atoms with Gasteiger partial charge in [-0.15, -0.1) is 11.8 Å². The zero-order valence-electron chi connectivity index (χ0n) is 18.9. The third kappa shape index (κ3) is 4.97. The fourth-order valence-electron chi connectivity index (χ4n) is 4.01. The van der Waals surface area contributed by atoms with Crippen LogP contribution in [0.2, 0.25) is 0 Å². The van der Waals surface area contributed by atoms with Crippen LogP contribution in [0.15, 0.2) is 84.4 Å². The molecule has 0 spiro atoms. The highest BCUT2D eigenvalue weighted by atomic mass is 32.2. The standard InChI is InChI=1S/C26H25N5O2S/c1-34-22-9-7-20(8-10-22)26(32)30-13-11-21(12-14-30)33-25-15-24(27-17-28-25)31-16-23(29-18-31)19-5-3-2-4-6-19/h2-10,15-18,21H,11-14H2,1H3. The number of carbonyl (C=O) groups excluding carboxylic acids is 1. The Hall–Kier alpha value is -3.65. The summed E-state index contributed by atoms with van der Waals surface area (Å²) < 4.78 is 8.01. The Morgan fingerprint density at radius 3 is 2.50 bits per heavy atom. The number of carbonyl (C=O) groups is 1. The van der Waals surface area contributed by atoms with Crippen molar-refractivity contribution < 1.29 is 9.53 Å². The van der Waals surface area contributed by atoms with Crippen molar-refractivity contribution in [2.75, 3.05) is 19.3 Å². The molecule has 1 amide bonds. The number of rotatable bonds is 6. The van der Waals surface area contributed by atoms with Gasteiger partial charge in [-0.25, -0.2) is 15.0 Å². The summed E-state index contributed by atoms with van der Waals surface area (Å²) in [4.78, 5) is 29.0. The predicted molar refractivity (Wildman–Crippen MR) is 132 cm³/mol. The second-order valence-electron chi connectivity index (χ2n) is 8.08. The molecule has 8 heteroatoms. The lowest BCUT2D eigenvalue weighted by atomic mass is 10.1. The number of aromatic nitrogens is 4. The van der Waals surface area contributed by atoms with E-state index in [1.54, 1.807) is 18.1 Å². The maximum atomic E-state index is 12.8. The number of imidazole rings is 1. The maximum absolute atomic E-state index is 12.8. The molecule has 0 unspecified atom stereocenters. The Morgan fingerprint density at radius 1 is 1.00 bits per heavy atom. The number of hydrogen-bond acceptors (Lipinski definition) is 6. The molecule has 0 saturated carbocycles. The fourth-order valence-corrected chi connectivity index (χ4v) is 4.41. The van der Waals surface area contributed by atoms with Crippen LogP contribution < -0.4 is 4.74 Å². The van der Waals surface area contributed by atoms with Crippen LogP contribution in [0.5, 0.6) is 5.88 Å². The van der Waals surface area contributed by atoms with E-state index in [1.807, 2.05) is 82.6 Å². The zero-order chi connectivity index (χ0) is 23.3. The molecule has 4 aromatic rings. The van der Waals surface area contributed by atoms with Crippen molar-refractivity contribution in [1.29, 1.82) is 0 Å². The summed E-state index contributed by atoms with van der Waals surface area (Å²) in [6.07, 6.45) is 8.74. The van der Waals surface area contributed by atoms with Crippen LogP contribution in [0.1, 0.15) is 23.2 Å². The number of piperidine rings is 1. The molecule has 34 heavy (non-hydrogen) atoms. The summed E-state index contributed by atoms with van der Waals surface area (Å²) >= 11 is 1.67. The van der Waals surface area contributed by atoms with Crippen molar-refractivity contribution in [3.63, 3.8) is 0 Å². The molecular weight excluding hydrogens is 446 g/mol. The van der Waals surface area contributed by atoms with Gasteiger partial charge in [0.2, 0.25) is 5.88 Å². The van der Waals surface area contributed by atoms with Gasteiger partial charge in [-0.2, -0.15) is 0 Å². The van der Waals surface area contributed by atoms with E-state index >= 15 is 0 Å². The van der Waals surface area contributed by atoms with Gasteiger partial charge in [0.05, 0.1) is 5.69 Å². The Labute approximate surface area is 202 Å². The van der Waals surface area contributed by atoms with Gasteiger partial charge < -0.3 is 9.64 Å². The van der Waals surface area contributed by atoms with Gasteiger partial charge in [0.15, 0.2) is 0 Å². The van der Waals surface area contributed by atoms with Crippen molar-refractivity contribution in [1.82, 2.24) is 24.4 Å². The number of amides is 1. The van der Waals surface area contributed by atoms with Crippen LogP contribution in [-0.4, -0.2) is 55.8 Å². The molecule has 1 fully saturated rings. The molecule has 0 atom stereocenters. The van der Waals surface area contributed by atoms with Gasteiger partial charge in [-0.05, 0) is 30.5 Å². The van der Waals surface area contributed by atoms with Gasteiger partial charge in [0.25, 0.3) is 5.91 Å². The molecule has 0 bridgehead atoms. The number of ether oxygens (including phenoxy) is 1. The highest BCUT2D eigenvalue weighted by molar-refractivity contribution is 7.98. The van der Waals surface area contributed by atoms with E-state index in [0.717, 1.165) is 34.6 Å². The van der Waals surface area contributed by atoms with Crippen LogP contribution in [0.4, 0.5) is 0 Å². The lowest BCUT2D eigenvalue weighted by molar-refractivity contribution is 0.0587. The number of likely N-dealkylation sites (tertiary alicyclic amines) is 1. The summed E-state index contributed by atoms with van der Waals surface area (Å²) in [5.74, 6) is 1.29. The first-order valence-electron chi connectivity index (χ1n) is 11.2. The van der Waals surface area contributed by atoms with E-state index in [9.17, 15) is 4.79 Å². The van der Waals surface area contributed by atoms with Crippen LogP contribution in [-0.2, 0) is 0 Å². The summed E-state index contributed by atoms with van der Waals surface area (Å²) in [5.41, 5.74) is 2.66. The SMILES string of the molecule is CSc1ccc(C(=O)N2CCC(Oc3cc(-n4cnc(-c5ccccc5)c4)ncn3)CC2)cc1. The van der Waals surface area contributed by atoms with Crippen LogP contribution in [0.25, 0.3) is 17.1 Å². The Bertz CT molecular complexity index is 1250. The number of thioether (sulfide) groups is 1. The lowest BCUT2D eigenvalue weighted by Crippen LogP contribution is -2.41. The molecule has 1 saturated heterocycles. The van der Waals surface area contributed by atoms with Gasteiger partial charge in [-0.3, -0.25) is 9.36 Å². The largest absolute Gasteiger partial charge is 0.474 e. The Morgan fingerprint density at radius 2 is 1.76 bits per heavy atom. The molecule has 0 N–H and O–H groups in total. The van der Waals surface area contributed by atoms with Gasteiger partial charge in [0, 0.05) is 54.2 Å². The average molecular weight is 472 g/mol. The minimum absolute atomic E-state index is 0.00772. The topological polar surface area (TPSA) is 73.1 Å². The molecule has 0 radical (unpaired) electrons. The first-order valence-corrected chi connectivity index (χ1v) is 12.4. The quantitative estimate of drug-likeness (QED) is 0.379. The van der Waals surface area contributed by atoms with Crippen molar-refractivity contribution in [2.45, 2.75) is 23.8 Å². The third-order valence-corrected chi connectivity index (χ3v) is 6.64. The summed E-state index contributed by atoms with van der Waals surface area (Å²) in [6, 6.07) is 19.6. The fraction of sp³-hybridized carbons (Fsp3) is 0.231. The maximum Gasteiger partial charge on any atom is 0.253 e. The van der Waals surface area contributed by atoms with E-state index in [-0.39, 0.29) is 12.0 Å². The van der Waals surface area contributed by atoms with E-state index < -0.39 is 0 Å².